The maximum Gasteiger partial charge on any atom is 0.159 e. The van der Waals surface area contributed by atoms with Crippen molar-refractivity contribution in [3.8, 4) is 0 Å². The van der Waals surface area contributed by atoms with E-state index >= 15 is 0 Å². The van der Waals surface area contributed by atoms with E-state index in [1.54, 1.807) is 6.07 Å². The molecule has 2 aromatic carbocycles. The van der Waals surface area contributed by atoms with Crippen molar-refractivity contribution < 1.29 is 22.3 Å². The predicted octanol–water partition coefficient (Wildman–Crippen LogP) is 4.37. The van der Waals surface area contributed by atoms with Crippen LogP contribution in [-0.2, 0) is 4.74 Å². The van der Waals surface area contributed by atoms with Gasteiger partial charge in [0.05, 0.1) is 6.61 Å². The predicted molar refractivity (Wildman–Crippen MR) is 88.9 cm³/mol. The van der Waals surface area contributed by atoms with Crippen molar-refractivity contribution in [3.05, 3.63) is 71.4 Å². The van der Waals surface area contributed by atoms with Gasteiger partial charge in [-0.05, 0) is 29.8 Å². The number of hydrogen-bond donors (Lipinski definition) is 0. The lowest BCUT2D eigenvalue weighted by molar-refractivity contribution is 0.0396. The van der Waals surface area contributed by atoms with Crippen LogP contribution < -0.4 is 4.90 Å². The lowest BCUT2D eigenvalue weighted by atomic mass is 10.1. The van der Waals surface area contributed by atoms with E-state index in [-0.39, 0.29) is 5.52 Å². The molecule has 0 aliphatic carbocycles. The van der Waals surface area contributed by atoms with Gasteiger partial charge in [-0.15, -0.1) is 0 Å². The lowest BCUT2D eigenvalue weighted by Gasteiger charge is -2.35. The molecule has 1 aliphatic rings. The molecule has 0 amide bonds. The van der Waals surface area contributed by atoms with Crippen LogP contribution in [0.2, 0.25) is 0 Å². The highest BCUT2D eigenvalue weighted by Gasteiger charge is 2.25. The number of anilines is 1. The van der Waals surface area contributed by atoms with Gasteiger partial charge in [0.2, 0.25) is 0 Å². The van der Waals surface area contributed by atoms with E-state index in [0.29, 0.717) is 36.3 Å². The Bertz CT molecular complexity index is 979. The number of hydrogen-bond acceptors (Lipinski definition) is 3. The summed E-state index contributed by atoms with van der Waals surface area (Å²) in [5, 5.41) is 0.357. The molecule has 0 spiro atoms. The van der Waals surface area contributed by atoms with E-state index in [4.69, 9.17) is 4.74 Å². The zero-order valence-electron chi connectivity index (χ0n) is 13.6. The number of benzene rings is 2. The Morgan fingerprint density at radius 1 is 0.962 bits per heavy atom. The second kappa shape index (κ2) is 6.57. The summed E-state index contributed by atoms with van der Waals surface area (Å²) in [5.41, 5.74) is 1.20. The zero-order chi connectivity index (χ0) is 18.3. The third kappa shape index (κ3) is 2.99. The number of fused-ring (bicyclic) bond motifs is 1. The van der Waals surface area contributed by atoms with Crippen LogP contribution in [0.15, 0.2) is 42.6 Å². The Morgan fingerprint density at radius 2 is 1.81 bits per heavy atom. The van der Waals surface area contributed by atoms with E-state index in [0.717, 1.165) is 18.2 Å². The quantitative estimate of drug-likeness (QED) is 0.633. The van der Waals surface area contributed by atoms with E-state index < -0.39 is 29.4 Å². The minimum atomic E-state index is -0.943. The first-order valence-electron chi connectivity index (χ1n) is 8.08. The third-order valence-electron chi connectivity index (χ3n) is 4.46. The molecule has 4 rings (SSSR count). The summed E-state index contributed by atoms with van der Waals surface area (Å²) in [7, 11) is 0. The fourth-order valence-electron chi connectivity index (χ4n) is 3.22. The van der Waals surface area contributed by atoms with Gasteiger partial charge in [-0.3, -0.25) is 4.98 Å². The zero-order valence-corrected chi connectivity index (χ0v) is 13.6. The first-order valence-corrected chi connectivity index (χ1v) is 8.08. The average Bonchev–Trinajstić information content (AvgIpc) is 2.63. The number of halogens is 4. The van der Waals surface area contributed by atoms with Crippen LogP contribution >= 0.6 is 0 Å². The van der Waals surface area contributed by atoms with Crippen LogP contribution in [0.25, 0.3) is 10.9 Å². The van der Waals surface area contributed by atoms with Crippen LogP contribution in [0.3, 0.4) is 0 Å². The normalized spacial score (nSPS) is 17.7. The monoisotopic (exact) mass is 362 g/mol. The van der Waals surface area contributed by atoms with Crippen molar-refractivity contribution in [3.63, 3.8) is 0 Å². The summed E-state index contributed by atoms with van der Waals surface area (Å²) >= 11 is 0. The van der Waals surface area contributed by atoms with Crippen molar-refractivity contribution in [2.75, 3.05) is 24.6 Å². The molecular weight excluding hydrogens is 348 g/mol. The van der Waals surface area contributed by atoms with Gasteiger partial charge < -0.3 is 9.64 Å². The summed E-state index contributed by atoms with van der Waals surface area (Å²) in [5.74, 6) is -3.28. The second-order valence-electron chi connectivity index (χ2n) is 6.09. The molecule has 1 aliphatic heterocycles. The molecule has 26 heavy (non-hydrogen) atoms. The smallest absolute Gasteiger partial charge is 0.159 e. The van der Waals surface area contributed by atoms with Gasteiger partial charge in [-0.1, -0.05) is 6.07 Å². The summed E-state index contributed by atoms with van der Waals surface area (Å²) in [6.45, 7) is 1.17. The third-order valence-corrected chi connectivity index (χ3v) is 4.46. The Morgan fingerprint density at radius 3 is 2.62 bits per heavy atom. The molecular formula is C19H14F4N2O. The summed E-state index contributed by atoms with van der Waals surface area (Å²) in [6.07, 6.45) is 0.973. The van der Waals surface area contributed by atoms with Crippen molar-refractivity contribution >= 4 is 16.6 Å². The van der Waals surface area contributed by atoms with Crippen molar-refractivity contribution in [1.29, 1.82) is 0 Å². The molecule has 3 nitrogen and oxygen atoms in total. The molecule has 0 saturated carbocycles. The van der Waals surface area contributed by atoms with Gasteiger partial charge in [0.1, 0.15) is 17.4 Å². The van der Waals surface area contributed by atoms with Crippen LogP contribution in [0.4, 0.5) is 23.2 Å². The average molecular weight is 362 g/mol. The maximum absolute atomic E-state index is 14.0. The Balaban J connectivity index is 1.70. The molecule has 1 saturated heterocycles. The number of pyridine rings is 1. The van der Waals surface area contributed by atoms with E-state index in [1.807, 2.05) is 4.90 Å². The fraction of sp³-hybridized carbons (Fsp3) is 0.211. The van der Waals surface area contributed by atoms with Crippen LogP contribution in [0.1, 0.15) is 11.7 Å². The number of ether oxygens (including phenoxy) is 1. The SMILES string of the molecule is Fc1cc(F)c2nccc(N3CCOC(c4ccc(F)c(F)c4)C3)c2c1. The number of aromatic nitrogens is 1. The van der Waals surface area contributed by atoms with Crippen molar-refractivity contribution in [2.24, 2.45) is 0 Å². The first kappa shape index (κ1) is 16.8. The highest BCUT2D eigenvalue weighted by Crippen LogP contribution is 2.32. The van der Waals surface area contributed by atoms with Crippen LogP contribution in [0.5, 0.6) is 0 Å². The van der Waals surface area contributed by atoms with Gasteiger partial charge in [-0.25, -0.2) is 17.6 Å². The molecule has 1 aromatic heterocycles. The maximum atomic E-state index is 14.0. The molecule has 0 bridgehead atoms. The van der Waals surface area contributed by atoms with E-state index in [9.17, 15) is 17.6 Å². The number of morpholine rings is 1. The van der Waals surface area contributed by atoms with Gasteiger partial charge in [0, 0.05) is 36.4 Å². The summed E-state index contributed by atoms with van der Waals surface area (Å²) < 4.78 is 60.0. The second-order valence-corrected chi connectivity index (χ2v) is 6.09. The molecule has 2 heterocycles. The molecule has 3 aromatic rings. The van der Waals surface area contributed by atoms with Crippen LogP contribution in [-0.4, -0.2) is 24.7 Å². The van der Waals surface area contributed by atoms with E-state index in [2.05, 4.69) is 4.98 Å². The Hall–Kier alpha value is -2.67. The minimum Gasteiger partial charge on any atom is -0.370 e. The van der Waals surface area contributed by atoms with Gasteiger partial charge in [0.25, 0.3) is 0 Å². The topological polar surface area (TPSA) is 25.4 Å². The molecule has 0 radical (unpaired) electrons. The van der Waals surface area contributed by atoms with Gasteiger partial charge >= 0.3 is 0 Å². The molecule has 7 heteroatoms. The van der Waals surface area contributed by atoms with E-state index in [1.165, 1.54) is 18.3 Å². The number of nitrogens with zero attached hydrogens (tertiary/aromatic N) is 2. The fourth-order valence-corrected chi connectivity index (χ4v) is 3.22. The summed E-state index contributed by atoms with van der Waals surface area (Å²) in [4.78, 5) is 5.89. The highest BCUT2D eigenvalue weighted by atomic mass is 19.2. The Labute approximate surface area is 146 Å². The Kier molecular flexibility index (Phi) is 4.24. The van der Waals surface area contributed by atoms with Crippen LogP contribution in [0, 0.1) is 23.3 Å². The standard InChI is InChI=1S/C19H14F4N2O/c20-12-8-13-17(3-4-24-19(13)16(23)9-12)25-5-6-26-18(10-25)11-1-2-14(21)15(22)7-11/h1-4,7-9,18H,5-6,10H2. The molecule has 1 fully saturated rings. The van der Waals surface area contributed by atoms with Gasteiger partial charge in [-0.2, -0.15) is 0 Å². The highest BCUT2D eigenvalue weighted by molar-refractivity contribution is 5.92. The lowest BCUT2D eigenvalue weighted by Crippen LogP contribution is -2.38. The van der Waals surface area contributed by atoms with Crippen molar-refractivity contribution in [1.82, 2.24) is 4.98 Å². The molecule has 1 unspecified atom stereocenters. The molecule has 0 N–H and O–H groups in total. The largest absolute Gasteiger partial charge is 0.370 e. The molecule has 1 atom stereocenters. The number of rotatable bonds is 2. The van der Waals surface area contributed by atoms with Gasteiger partial charge in [0.15, 0.2) is 17.5 Å². The minimum absolute atomic E-state index is 0.0831. The summed E-state index contributed by atoms with van der Waals surface area (Å²) in [6, 6.07) is 7.34. The van der Waals surface area contributed by atoms with Crippen molar-refractivity contribution in [2.45, 2.75) is 6.10 Å². The first-order chi connectivity index (χ1) is 12.5. The molecule has 134 valence electrons.